The van der Waals surface area contributed by atoms with Gasteiger partial charge in [-0.25, -0.2) is 4.98 Å². The van der Waals surface area contributed by atoms with E-state index < -0.39 is 0 Å². The molecular formula is C17H22N2O. The molecule has 0 unspecified atom stereocenters. The standard InChI is InChI=1S/C17H22N2O/c1-20-15-6-7-16-14(12-15)9-11-19-17(16)18-10-8-13-4-2-3-5-13/h6-7,9,11-13H,2-5,8,10H2,1H3,(H,18,19). The molecule has 1 heterocycles. The van der Waals surface area contributed by atoms with E-state index in [4.69, 9.17) is 4.74 Å². The van der Waals surface area contributed by atoms with Gasteiger partial charge in [-0.2, -0.15) is 0 Å². The van der Waals surface area contributed by atoms with Crippen molar-refractivity contribution in [3.8, 4) is 5.75 Å². The third-order valence-electron chi connectivity index (χ3n) is 4.29. The minimum atomic E-state index is 0.889. The summed E-state index contributed by atoms with van der Waals surface area (Å²) in [5.41, 5.74) is 0. The second-order valence-corrected chi connectivity index (χ2v) is 5.61. The van der Waals surface area contributed by atoms with Crippen LogP contribution < -0.4 is 10.1 Å². The fourth-order valence-electron chi connectivity index (χ4n) is 3.12. The second kappa shape index (κ2) is 6.12. The molecule has 0 amide bonds. The van der Waals surface area contributed by atoms with Crippen molar-refractivity contribution >= 4 is 16.6 Å². The van der Waals surface area contributed by atoms with Gasteiger partial charge in [0.05, 0.1) is 7.11 Å². The molecule has 0 saturated heterocycles. The molecule has 0 bridgehead atoms. The van der Waals surface area contributed by atoms with Gasteiger partial charge in [-0.3, -0.25) is 0 Å². The Bertz CT molecular complexity index is 576. The van der Waals surface area contributed by atoms with E-state index in [-0.39, 0.29) is 0 Å². The molecule has 106 valence electrons. The largest absolute Gasteiger partial charge is 0.497 e. The van der Waals surface area contributed by atoms with Gasteiger partial charge < -0.3 is 10.1 Å². The Morgan fingerprint density at radius 1 is 1.25 bits per heavy atom. The normalized spacial score (nSPS) is 15.7. The molecule has 1 fully saturated rings. The highest BCUT2D eigenvalue weighted by molar-refractivity contribution is 5.92. The van der Waals surface area contributed by atoms with Crippen molar-refractivity contribution in [3.63, 3.8) is 0 Å². The lowest BCUT2D eigenvalue weighted by Crippen LogP contribution is -2.08. The van der Waals surface area contributed by atoms with E-state index in [1.165, 1.54) is 42.9 Å². The number of methoxy groups -OCH3 is 1. The molecule has 0 aliphatic heterocycles. The number of hydrogen-bond donors (Lipinski definition) is 1. The van der Waals surface area contributed by atoms with E-state index in [2.05, 4.69) is 22.4 Å². The van der Waals surface area contributed by atoms with Crippen LogP contribution in [0.15, 0.2) is 30.5 Å². The molecule has 3 heteroatoms. The first-order chi connectivity index (χ1) is 9.86. The van der Waals surface area contributed by atoms with Gasteiger partial charge in [-0.05, 0) is 42.0 Å². The number of aromatic nitrogens is 1. The van der Waals surface area contributed by atoms with Crippen LogP contribution in [0.2, 0.25) is 0 Å². The van der Waals surface area contributed by atoms with Crippen molar-refractivity contribution in [2.24, 2.45) is 5.92 Å². The van der Waals surface area contributed by atoms with Crippen molar-refractivity contribution in [1.82, 2.24) is 4.98 Å². The predicted octanol–water partition coefficient (Wildman–Crippen LogP) is 4.24. The summed E-state index contributed by atoms with van der Waals surface area (Å²) >= 11 is 0. The first-order valence-electron chi connectivity index (χ1n) is 7.53. The summed E-state index contributed by atoms with van der Waals surface area (Å²) in [6.45, 7) is 1.02. The monoisotopic (exact) mass is 270 g/mol. The summed E-state index contributed by atoms with van der Waals surface area (Å²) < 4.78 is 5.27. The molecule has 0 radical (unpaired) electrons. The zero-order valence-corrected chi connectivity index (χ0v) is 12.1. The summed E-state index contributed by atoms with van der Waals surface area (Å²) in [5, 5.41) is 5.84. The Kier molecular flexibility index (Phi) is 4.05. The molecule has 1 aromatic carbocycles. The zero-order valence-electron chi connectivity index (χ0n) is 12.1. The fourth-order valence-corrected chi connectivity index (χ4v) is 3.12. The maximum Gasteiger partial charge on any atom is 0.133 e. The van der Waals surface area contributed by atoms with Crippen LogP contribution in [0.25, 0.3) is 10.8 Å². The topological polar surface area (TPSA) is 34.1 Å². The molecule has 3 nitrogen and oxygen atoms in total. The van der Waals surface area contributed by atoms with Crippen molar-refractivity contribution in [2.75, 3.05) is 19.0 Å². The first kappa shape index (κ1) is 13.2. The number of fused-ring (bicyclic) bond motifs is 1. The Morgan fingerprint density at radius 2 is 2.10 bits per heavy atom. The van der Waals surface area contributed by atoms with Crippen molar-refractivity contribution in [1.29, 1.82) is 0 Å². The number of anilines is 1. The Morgan fingerprint density at radius 3 is 2.90 bits per heavy atom. The summed E-state index contributed by atoms with van der Waals surface area (Å²) in [6, 6.07) is 8.16. The highest BCUT2D eigenvalue weighted by Crippen LogP contribution is 2.28. The summed E-state index contributed by atoms with van der Waals surface area (Å²) in [7, 11) is 1.70. The lowest BCUT2D eigenvalue weighted by molar-refractivity contribution is 0.415. The van der Waals surface area contributed by atoms with Gasteiger partial charge in [0, 0.05) is 18.1 Å². The molecule has 2 aromatic rings. The highest BCUT2D eigenvalue weighted by Gasteiger charge is 2.14. The number of pyridine rings is 1. The fraction of sp³-hybridized carbons (Fsp3) is 0.471. The Labute approximate surface area is 120 Å². The van der Waals surface area contributed by atoms with E-state index >= 15 is 0 Å². The van der Waals surface area contributed by atoms with E-state index in [9.17, 15) is 0 Å². The number of benzene rings is 1. The van der Waals surface area contributed by atoms with Crippen LogP contribution in [-0.2, 0) is 0 Å². The van der Waals surface area contributed by atoms with Crippen molar-refractivity contribution in [3.05, 3.63) is 30.5 Å². The average Bonchev–Trinajstić information content (AvgIpc) is 3.00. The maximum absolute atomic E-state index is 5.27. The Balaban J connectivity index is 1.70. The first-order valence-corrected chi connectivity index (χ1v) is 7.53. The van der Waals surface area contributed by atoms with Crippen LogP contribution in [0.4, 0.5) is 5.82 Å². The SMILES string of the molecule is COc1ccc2c(NCCC3CCCC3)nccc2c1. The van der Waals surface area contributed by atoms with Crippen molar-refractivity contribution in [2.45, 2.75) is 32.1 Å². The molecule has 1 aliphatic rings. The molecule has 1 saturated carbocycles. The number of rotatable bonds is 5. The van der Waals surface area contributed by atoms with E-state index in [0.29, 0.717) is 0 Å². The van der Waals surface area contributed by atoms with Gasteiger partial charge >= 0.3 is 0 Å². The Hall–Kier alpha value is -1.77. The van der Waals surface area contributed by atoms with Gasteiger partial charge in [0.25, 0.3) is 0 Å². The lowest BCUT2D eigenvalue weighted by Gasteiger charge is -2.12. The van der Waals surface area contributed by atoms with Crippen molar-refractivity contribution < 1.29 is 4.74 Å². The number of ether oxygens (including phenoxy) is 1. The molecule has 20 heavy (non-hydrogen) atoms. The summed E-state index contributed by atoms with van der Waals surface area (Å²) in [5.74, 6) is 2.79. The quantitative estimate of drug-likeness (QED) is 0.882. The molecule has 1 aliphatic carbocycles. The van der Waals surface area contributed by atoms with E-state index in [0.717, 1.165) is 24.0 Å². The lowest BCUT2D eigenvalue weighted by atomic mass is 10.0. The van der Waals surface area contributed by atoms with E-state index in [1.54, 1.807) is 7.11 Å². The summed E-state index contributed by atoms with van der Waals surface area (Å²) in [6.07, 6.45) is 8.76. The molecular weight excluding hydrogens is 248 g/mol. The van der Waals surface area contributed by atoms with Gasteiger partial charge in [-0.1, -0.05) is 25.7 Å². The van der Waals surface area contributed by atoms with Gasteiger partial charge in [0.15, 0.2) is 0 Å². The maximum atomic E-state index is 5.27. The van der Waals surface area contributed by atoms with Crippen LogP contribution in [-0.4, -0.2) is 18.6 Å². The predicted molar refractivity (Wildman–Crippen MR) is 83.4 cm³/mol. The minimum absolute atomic E-state index is 0.889. The van der Waals surface area contributed by atoms with Gasteiger partial charge in [0.2, 0.25) is 0 Å². The summed E-state index contributed by atoms with van der Waals surface area (Å²) in [4.78, 5) is 4.47. The van der Waals surface area contributed by atoms with Crippen LogP contribution >= 0.6 is 0 Å². The van der Waals surface area contributed by atoms with Gasteiger partial charge in [-0.15, -0.1) is 0 Å². The van der Waals surface area contributed by atoms with Crippen LogP contribution in [0.1, 0.15) is 32.1 Å². The third kappa shape index (κ3) is 2.87. The van der Waals surface area contributed by atoms with Crippen LogP contribution in [0.5, 0.6) is 5.75 Å². The second-order valence-electron chi connectivity index (χ2n) is 5.61. The van der Waals surface area contributed by atoms with E-state index in [1.807, 2.05) is 18.3 Å². The average molecular weight is 270 g/mol. The molecule has 1 aromatic heterocycles. The highest BCUT2D eigenvalue weighted by atomic mass is 16.5. The molecule has 0 spiro atoms. The smallest absolute Gasteiger partial charge is 0.133 e. The minimum Gasteiger partial charge on any atom is -0.497 e. The molecule has 3 rings (SSSR count). The number of hydrogen-bond acceptors (Lipinski definition) is 3. The van der Waals surface area contributed by atoms with Crippen LogP contribution in [0, 0.1) is 5.92 Å². The number of nitrogens with zero attached hydrogens (tertiary/aromatic N) is 1. The van der Waals surface area contributed by atoms with Crippen LogP contribution in [0.3, 0.4) is 0 Å². The molecule has 1 N–H and O–H groups in total. The zero-order chi connectivity index (χ0) is 13.8. The van der Waals surface area contributed by atoms with Gasteiger partial charge in [0.1, 0.15) is 11.6 Å². The number of nitrogens with one attached hydrogen (secondary N) is 1. The molecule has 0 atom stereocenters. The third-order valence-corrected chi connectivity index (χ3v) is 4.29.